The van der Waals surface area contributed by atoms with Crippen molar-refractivity contribution in [3.05, 3.63) is 58.7 Å². The van der Waals surface area contributed by atoms with Crippen LogP contribution in [0.1, 0.15) is 20.8 Å². The molecule has 0 aliphatic rings. The molecule has 3 N–H and O–H groups in total. The molecule has 0 aliphatic heterocycles. The van der Waals surface area contributed by atoms with Crippen molar-refractivity contribution in [3.63, 3.8) is 0 Å². The Hall–Kier alpha value is -3.60. The Morgan fingerprint density at radius 1 is 0.972 bits per heavy atom. The molecule has 5 rings (SSSR count). The molecule has 0 bridgehead atoms. The van der Waals surface area contributed by atoms with Crippen molar-refractivity contribution < 1.29 is 4.79 Å². The van der Waals surface area contributed by atoms with Crippen molar-refractivity contribution in [2.45, 2.75) is 26.3 Å². The predicted octanol–water partition coefficient (Wildman–Crippen LogP) is 6.67. The smallest absolute Gasteiger partial charge is 0.320 e. The Morgan fingerprint density at radius 2 is 1.72 bits per heavy atom. The standard InChI is InChI=1S/C24H20Cl2N8OS/c1-24(2,3)32-23(35)31-21-14(19-15(25)5-4-6-16(19)26)9-12-11-27-22(30-20(12)29-21)28-13-7-8-17-18(10-13)34-36-33-17/h4-11H,1-3H3,(H3,27,28,29,30,31,32,35). The number of fused-ring (bicyclic) bond motifs is 2. The summed E-state index contributed by atoms with van der Waals surface area (Å²) in [6, 6.07) is 12.2. The van der Waals surface area contributed by atoms with Crippen LogP contribution in [0.2, 0.25) is 10.0 Å². The number of rotatable bonds is 4. The van der Waals surface area contributed by atoms with Crippen molar-refractivity contribution >= 4 is 80.5 Å². The molecule has 0 saturated heterocycles. The lowest BCUT2D eigenvalue weighted by atomic mass is 10.0. The van der Waals surface area contributed by atoms with Crippen LogP contribution < -0.4 is 16.0 Å². The molecule has 3 heterocycles. The monoisotopic (exact) mass is 538 g/mol. The average Bonchev–Trinajstić information content (AvgIpc) is 3.26. The number of carbonyl (C=O) groups is 1. The van der Waals surface area contributed by atoms with Crippen LogP contribution in [0.4, 0.5) is 22.2 Å². The number of hydrogen-bond donors (Lipinski definition) is 3. The fourth-order valence-corrected chi connectivity index (χ4v) is 4.65. The fraction of sp³-hybridized carbons (Fsp3) is 0.167. The van der Waals surface area contributed by atoms with E-state index in [9.17, 15) is 4.79 Å². The van der Waals surface area contributed by atoms with E-state index in [2.05, 4.69) is 39.6 Å². The van der Waals surface area contributed by atoms with Gasteiger partial charge < -0.3 is 10.6 Å². The maximum atomic E-state index is 12.7. The number of anilines is 3. The molecule has 9 nitrogen and oxygen atoms in total. The summed E-state index contributed by atoms with van der Waals surface area (Å²) in [5.74, 6) is 0.602. The second-order valence-electron chi connectivity index (χ2n) is 9.01. The molecule has 182 valence electrons. The molecular formula is C24H20Cl2N8OS. The Balaban J connectivity index is 1.57. The summed E-state index contributed by atoms with van der Waals surface area (Å²) in [5.41, 5.74) is 3.39. The molecule has 0 radical (unpaired) electrons. The lowest BCUT2D eigenvalue weighted by Crippen LogP contribution is -2.43. The van der Waals surface area contributed by atoms with Crippen LogP contribution in [0.25, 0.3) is 33.2 Å². The second-order valence-corrected chi connectivity index (χ2v) is 10.4. The van der Waals surface area contributed by atoms with Gasteiger partial charge in [-0.25, -0.2) is 14.8 Å². The first-order valence-electron chi connectivity index (χ1n) is 10.9. The Kier molecular flexibility index (Phi) is 6.33. The highest BCUT2D eigenvalue weighted by Crippen LogP contribution is 2.39. The number of halogens is 2. The van der Waals surface area contributed by atoms with Gasteiger partial charge in [-0.3, -0.25) is 5.32 Å². The largest absolute Gasteiger partial charge is 0.333 e. The average molecular weight is 539 g/mol. The molecular weight excluding hydrogens is 519 g/mol. The van der Waals surface area contributed by atoms with Gasteiger partial charge in [-0.15, -0.1) is 0 Å². The SMILES string of the molecule is CC(C)(C)NC(=O)Nc1nc2nc(Nc3ccc4nsnc4c3)ncc2cc1-c1c(Cl)cccc1Cl. The summed E-state index contributed by atoms with van der Waals surface area (Å²) < 4.78 is 8.47. The van der Waals surface area contributed by atoms with Crippen molar-refractivity contribution in [1.82, 2.24) is 29.0 Å². The van der Waals surface area contributed by atoms with Gasteiger partial charge in [0.2, 0.25) is 5.95 Å². The molecule has 2 aromatic carbocycles. The van der Waals surface area contributed by atoms with E-state index in [1.807, 2.05) is 39.0 Å². The van der Waals surface area contributed by atoms with E-state index in [1.54, 1.807) is 30.5 Å². The zero-order valence-electron chi connectivity index (χ0n) is 19.4. The van der Waals surface area contributed by atoms with Crippen LogP contribution >= 0.6 is 34.9 Å². The molecule has 3 aromatic heterocycles. The summed E-state index contributed by atoms with van der Waals surface area (Å²) in [4.78, 5) is 26.4. The minimum atomic E-state index is -0.448. The number of urea groups is 1. The molecule has 5 aromatic rings. The number of benzene rings is 2. The number of nitrogens with zero attached hydrogens (tertiary/aromatic N) is 5. The zero-order chi connectivity index (χ0) is 25.4. The van der Waals surface area contributed by atoms with Gasteiger partial charge in [-0.2, -0.15) is 13.7 Å². The third kappa shape index (κ3) is 5.15. The van der Waals surface area contributed by atoms with Crippen molar-refractivity contribution in [1.29, 1.82) is 0 Å². The molecule has 12 heteroatoms. The van der Waals surface area contributed by atoms with E-state index in [0.717, 1.165) is 28.4 Å². The Bertz CT molecular complexity index is 1600. The zero-order valence-corrected chi connectivity index (χ0v) is 21.8. The highest BCUT2D eigenvalue weighted by Gasteiger charge is 2.20. The van der Waals surface area contributed by atoms with Crippen LogP contribution in [0.3, 0.4) is 0 Å². The molecule has 0 fully saturated rings. The van der Waals surface area contributed by atoms with Crippen molar-refractivity contribution in [3.8, 4) is 11.1 Å². The van der Waals surface area contributed by atoms with Gasteiger partial charge >= 0.3 is 6.03 Å². The van der Waals surface area contributed by atoms with E-state index in [4.69, 9.17) is 23.2 Å². The van der Waals surface area contributed by atoms with Crippen LogP contribution in [0, 0.1) is 0 Å². The summed E-state index contributed by atoms with van der Waals surface area (Å²) in [5, 5.41) is 10.4. The number of amides is 2. The van der Waals surface area contributed by atoms with Gasteiger partial charge in [-0.1, -0.05) is 29.3 Å². The van der Waals surface area contributed by atoms with Crippen molar-refractivity contribution in [2.24, 2.45) is 0 Å². The summed E-state index contributed by atoms with van der Waals surface area (Å²) in [7, 11) is 0. The fourth-order valence-electron chi connectivity index (χ4n) is 3.53. The third-order valence-corrected chi connectivity index (χ3v) is 6.22. The quantitative estimate of drug-likeness (QED) is 0.234. The van der Waals surface area contributed by atoms with Crippen LogP contribution in [0.15, 0.2) is 48.7 Å². The maximum absolute atomic E-state index is 12.7. The van der Waals surface area contributed by atoms with Gasteiger partial charge in [0, 0.05) is 33.9 Å². The topological polar surface area (TPSA) is 118 Å². The molecule has 0 aliphatic carbocycles. The molecule has 0 spiro atoms. The highest BCUT2D eigenvalue weighted by atomic mass is 35.5. The minimum absolute atomic E-state index is 0.263. The van der Waals surface area contributed by atoms with E-state index < -0.39 is 11.6 Å². The number of hydrogen-bond acceptors (Lipinski definition) is 8. The minimum Gasteiger partial charge on any atom is -0.333 e. The summed E-state index contributed by atoms with van der Waals surface area (Å²) >= 11 is 14.1. The Labute approximate surface area is 220 Å². The number of carbonyl (C=O) groups excluding carboxylic acids is 1. The van der Waals surface area contributed by atoms with Crippen molar-refractivity contribution in [2.75, 3.05) is 10.6 Å². The van der Waals surface area contributed by atoms with Gasteiger partial charge in [0.1, 0.15) is 16.9 Å². The molecule has 36 heavy (non-hydrogen) atoms. The van der Waals surface area contributed by atoms with Gasteiger partial charge in [0.25, 0.3) is 0 Å². The van der Waals surface area contributed by atoms with E-state index in [0.29, 0.717) is 38.2 Å². The predicted molar refractivity (Wildman–Crippen MR) is 145 cm³/mol. The third-order valence-electron chi connectivity index (χ3n) is 5.03. The van der Waals surface area contributed by atoms with E-state index >= 15 is 0 Å². The Morgan fingerprint density at radius 3 is 2.47 bits per heavy atom. The molecule has 0 atom stereocenters. The highest BCUT2D eigenvalue weighted by molar-refractivity contribution is 7.00. The number of nitrogens with one attached hydrogen (secondary N) is 3. The first-order valence-corrected chi connectivity index (χ1v) is 12.4. The number of pyridine rings is 1. The van der Waals surface area contributed by atoms with Gasteiger partial charge in [-0.05, 0) is 57.2 Å². The molecule has 0 unspecified atom stereocenters. The normalized spacial score (nSPS) is 11.6. The number of aromatic nitrogens is 5. The van der Waals surface area contributed by atoms with Crippen LogP contribution in [0.5, 0.6) is 0 Å². The second kappa shape index (κ2) is 9.45. The van der Waals surface area contributed by atoms with E-state index in [-0.39, 0.29) is 5.82 Å². The van der Waals surface area contributed by atoms with Crippen LogP contribution in [-0.4, -0.2) is 35.3 Å². The van der Waals surface area contributed by atoms with Crippen LogP contribution in [-0.2, 0) is 0 Å². The summed E-state index contributed by atoms with van der Waals surface area (Å²) in [6.07, 6.45) is 1.65. The first kappa shape index (κ1) is 24.1. The lowest BCUT2D eigenvalue weighted by molar-refractivity contribution is 0.243. The lowest BCUT2D eigenvalue weighted by Gasteiger charge is -2.21. The van der Waals surface area contributed by atoms with Gasteiger partial charge in [0.15, 0.2) is 5.65 Å². The maximum Gasteiger partial charge on any atom is 0.320 e. The van der Waals surface area contributed by atoms with E-state index in [1.165, 1.54) is 0 Å². The van der Waals surface area contributed by atoms with Gasteiger partial charge in [0.05, 0.1) is 21.8 Å². The molecule has 2 amide bonds. The summed E-state index contributed by atoms with van der Waals surface area (Å²) in [6.45, 7) is 5.66. The molecule has 0 saturated carbocycles. The first-order chi connectivity index (χ1) is 17.2.